The third-order valence-corrected chi connectivity index (χ3v) is 3.39. The zero-order valence-corrected chi connectivity index (χ0v) is 13.1. The molecule has 108 valence electrons. The molecule has 0 aromatic heterocycles. The van der Waals surface area contributed by atoms with Gasteiger partial charge in [0.25, 0.3) is 0 Å². The standard InChI is InChI=1S/C16H11Cl3O2/c17-13-6-5-12(15(18)9-13)10-21-14-3-1-2-11(8-14)4-7-16(19)20/h1-9H,10H2. The first-order valence-corrected chi connectivity index (χ1v) is 7.22. The lowest BCUT2D eigenvalue weighted by atomic mass is 10.2. The van der Waals surface area contributed by atoms with Crippen LogP contribution in [-0.2, 0) is 11.4 Å². The van der Waals surface area contributed by atoms with E-state index in [1.165, 1.54) is 6.08 Å². The van der Waals surface area contributed by atoms with Gasteiger partial charge < -0.3 is 4.74 Å². The molecule has 21 heavy (non-hydrogen) atoms. The number of hydrogen-bond acceptors (Lipinski definition) is 2. The highest BCUT2D eigenvalue weighted by molar-refractivity contribution is 6.66. The van der Waals surface area contributed by atoms with E-state index >= 15 is 0 Å². The Labute approximate surface area is 137 Å². The molecule has 0 heterocycles. The summed E-state index contributed by atoms with van der Waals surface area (Å²) in [6.07, 6.45) is 2.91. The van der Waals surface area contributed by atoms with Gasteiger partial charge in [-0.1, -0.05) is 47.5 Å². The third kappa shape index (κ3) is 5.09. The number of benzene rings is 2. The Bertz CT molecular complexity index is 681. The fraction of sp³-hybridized carbons (Fsp3) is 0.0625. The number of rotatable bonds is 5. The second kappa shape index (κ2) is 7.51. The van der Waals surface area contributed by atoms with Crippen LogP contribution in [-0.4, -0.2) is 5.24 Å². The molecule has 2 aromatic carbocycles. The second-order valence-corrected chi connectivity index (χ2v) is 5.45. The topological polar surface area (TPSA) is 26.3 Å². The van der Waals surface area contributed by atoms with E-state index in [2.05, 4.69) is 0 Å². The molecule has 0 fully saturated rings. The zero-order chi connectivity index (χ0) is 15.2. The summed E-state index contributed by atoms with van der Waals surface area (Å²) in [5.41, 5.74) is 1.67. The van der Waals surface area contributed by atoms with Crippen LogP contribution in [0.5, 0.6) is 5.75 Å². The Morgan fingerprint density at radius 3 is 2.67 bits per heavy atom. The minimum absolute atomic E-state index is 0.331. The number of hydrogen-bond donors (Lipinski definition) is 0. The normalized spacial score (nSPS) is 10.8. The van der Waals surface area contributed by atoms with E-state index in [0.29, 0.717) is 22.4 Å². The van der Waals surface area contributed by atoms with Gasteiger partial charge in [0.2, 0.25) is 5.24 Å². The summed E-state index contributed by atoms with van der Waals surface area (Å²) in [4.78, 5) is 10.7. The van der Waals surface area contributed by atoms with Crippen LogP contribution < -0.4 is 4.74 Å². The lowest BCUT2D eigenvalue weighted by molar-refractivity contribution is -0.107. The second-order valence-electron chi connectivity index (χ2n) is 4.23. The van der Waals surface area contributed by atoms with Crippen molar-refractivity contribution in [1.82, 2.24) is 0 Å². The summed E-state index contributed by atoms with van der Waals surface area (Å²) in [6, 6.07) is 12.6. The Morgan fingerprint density at radius 2 is 1.95 bits per heavy atom. The molecule has 0 unspecified atom stereocenters. The highest BCUT2D eigenvalue weighted by atomic mass is 35.5. The van der Waals surface area contributed by atoms with Crippen LogP contribution in [0, 0.1) is 0 Å². The highest BCUT2D eigenvalue weighted by Crippen LogP contribution is 2.23. The molecule has 0 saturated carbocycles. The van der Waals surface area contributed by atoms with Gasteiger partial charge in [0.05, 0.1) is 0 Å². The number of ether oxygens (including phenoxy) is 1. The predicted octanol–water partition coefficient (Wildman–Crippen LogP) is 5.35. The molecule has 0 aliphatic carbocycles. The molecule has 5 heteroatoms. The molecule has 0 atom stereocenters. The predicted molar refractivity (Wildman–Crippen MR) is 87.1 cm³/mol. The average Bonchev–Trinajstić information content (AvgIpc) is 2.45. The molecule has 0 radical (unpaired) electrons. The molecule has 2 rings (SSSR count). The smallest absolute Gasteiger partial charge is 0.245 e. The Morgan fingerprint density at radius 1 is 1.14 bits per heavy atom. The maximum absolute atomic E-state index is 10.7. The molecule has 0 saturated heterocycles. The van der Waals surface area contributed by atoms with E-state index in [-0.39, 0.29) is 0 Å². The SMILES string of the molecule is O=C(Cl)C=Cc1cccc(OCc2ccc(Cl)cc2Cl)c1. The first-order valence-electron chi connectivity index (χ1n) is 6.09. The molecule has 2 aromatic rings. The van der Waals surface area contributed by atoms with E-state index in [9.17, 15) is 4.79 Å². The molecule has 0 aliphatic rings. The highest BCUT2D eigenvalue weighted by Gasteiger charge is 2.03. The Balaban J connectivity index is 2.06. The van der Waals surface area contributed by atoms with Crippen molar-refractivity contribution in [3.05, 3.63) is 69.7 Å². The average molecular weight is 342 g/mol. The fourth-order valence-corrected chi connectivity index (χ4v) is 2.20. The van der Waals surface area contributed by atoms with E-state index in [4.69, 9.17) is 39.5 Å². The summed E-state index contributed by atoms with van der Waals surface area (Å²) in [5, 5.41) is 0.627. The van der Waals surface area contributed by atoms with E-state index < -0.39 is 5.24 Å². The van der Waals surface area contributed by atoms with Crippen molar-refractivity contribution in [3.8, 4) is 5.75 Å². The van der Waals surface area contributed by atoms with Crippen molar-refractivity contribution in [2.45, 2.75) is 6.61 Å². The zero-order valence-electron chi connectivity index (χ0n) is 10.9. The van der Waals surface area contributed by atoms with Gasteiger partial charge in [-0.05, 0) is 47.5 Å². The van der Waals surface area contributed by atoms with E-state index in [0.717, 1.165) is 11.1 Å². The van der Waals surface area contributed by atoms with Crippen LogP contribution in [0.25, 0.3) is 6.08 Å². The first-order chi connectivity index (χ1) is 10.0. The van der Waals surface area contributed by atoms with Crippen LogP contribution in [0.3, 0.4) is 0 Å². The van der Waals surface area contributed by atoms with Gasteiger partial charge in [0.1, 0.15) is 12.4 Å². The lowest BCUT2D eigenvalue weighted by Crippen LogP contribution is -1.96. The quantitative estimate of drug-likeness (QED) is 0.541. The summed E-state index contributed by atoms with van der Waals surface area (Å²) in [6.45, 7) is 0.331. The molecule has 2 nitrogen and oxygen atoms in total. The van der Waals surface area contributed by atoms with E-state index in [1.54, 1.807) is 24.3 Å². The number of carbonyl (C=O) groups is 1. The Kier molecular flexibility index (Phi) is 5.68. The maximum atomic E-state index is 10.7. The van der Waals surface area contributed by atoms with Crippen LogP contribution >= 0.6 is 34.8 Å². The van der Waals surface area contributed by atoms with Gasteiger partial charge in [0, 0.05) is 15.6 Å². The van der Waals surface area contributed by atoms with Crippen LogP contribution in [0.1, 0.15) is 11.1 Å². The van der Waals surface area contributed by atoms with Gasteiger partial charge in [-0.2, -0.15) is 0 Å². The monoisotopic (exact) mass is 340 g/mol. The van der Waals surface area contributed by atoms with Crippen molar-refractivity contribution in [2.75, 3.05) is 0 Å². The molecule has 0 bridgehead atoms. The minimum Gasteiger partial charge on any atom is -0.489 e. The van der Waals surface area contributed by atoms with Crippen molar-refractivity contribution in [1.29, 1.82) is 0 Å². The molecular formula is C16H11Cl3O2. The van der Waals surface area contributed by atoms with Crippen molar-refractivity contribution < 1.29 is 9.53 Å². The van der Waals surface area contributed by atoms with Crippen LogP contribution in [0.15, 0.2) is 48.5 Å². The molecule has 0 spiro atoms. The number of carbonyl (C=O) groups excluding carboxylic acids is 1. The maximum Gasteiger partial charge on any atom is 0.245 e. The molecule has 0 N–H and O–H groups in total. The minimum atomic E-state index is -0.519. The Hall–Kier alpha value is -1.48. The first kappa shape index (κ1) is 15.9. The summed E-state index contributed by atoms with van der Waals surface area (Å²) >= 11 is 17.2. The van der Waals surface area contributed by atoms with Crippen molar-refractivity contribution in [3.63, 3.8) is 0 Å². The number of halogens is 3. The molecular weight excluding hydrogens is 331 g/mol. The van der Waals surface area contributed by atoms with Gasteiger partial charge >= 0.3 is 0 Å². The summed E-state index contributed by atoms with van der Waals surface area (Å²) < 4.78 is 5.68. The van der Waals surface area contributed by atoms with Gasteiger partial charge in [-0.3, -0.25) is 4.79 Å². The largest absolute Gasteiger partial charge is 0.489 e. The van der Waals surface area contributed by atoms with Gasteiger partial charge in [-0.15, -0.1) is 0 Å². The van der Waals surface area contributed by atoms with E-state index in [1.807, 2.05) is 24.3 Å². The summed E-state index contributed by atoms with van der Waals surface area (Å²) in [5.74, 6) is 0.671. The fourth-order valence-electron chi connectivity index (χ4n) is 1.67. The van der Waals surface area contributed by atoms with Crippen molar-refractivity contribution in [2.24, 2.45) is 0 Å². The van der Waals surface area contributed by atoms with Crippen LogP contribution in [0.2, 0.25) is 10.0 Å². The summed E-state index contributed by atoms with van der Waals surface area (Å²) in [7, 11) is 0. The van der Waals surface area contributed by atoms with Gasteiger partial charge in [-0.25, -0.2) is 0 Å². The van der Waals surface area contributed by atoms with Crippen LogP contribution in [0.4, 0.5) is 0 Å². The van der Waals surface area contributed by atoms with Gasteiger partial charge in [0.15, 0.2) is 0 Å². The molecule has 0 amide bonds. The third-order valence-electron chi connectivity index (χ3n) is 2.67. The number of allylic oxidation sites excluding steroid dienone is 1. The lowest BCUT2D eigenvalue weighted by Gasteiger charge is -2.08. The molecule has 0 aliphatic heterocycles. The van der Waals surface area contributed by atoms with Crippen molar-refractivity contribution >= 4 is 46.1 Å².